The fraction of sp³-hybridized carbons (Fsp3) is 0.167. The lowest BCUT2D eigenvalue weighted by atomic mass is 10.1. The Morgan fingerprint density at radius 3 is 2.67 bits per heavy atom. The largest absolute Gasteiger partial charge is 0.0990 e. The van der Waals surface area contributed by atoms with Crippen molar-refractivity contribution in [2.24, 2.45) is 0 Å². The molecule has 1 aromatic rings. The molecule has 0 spiro atoms. The molecule has 0 fully saturated rings. The van der Waals surface area contributed by atoms with Crippen LogP contribution in [-0.4, -0.2) is 0 Å². The molecule has 0 saturated carbocycles. The molecule has 0 aliphatic carbocycles. The minimum Gasteiger partial charge on any atom is -0.0990 e. The summed E-state index contributed by atoms with van der Waals surface area (Å²) in [6.45, 7) is 9.77. The smallest absolute Gasteiger partial charge is 0.0190 e. The Kier molecular flexibility index (Phi) is 2.87. The van der Waals surface area contributed by atoms with Gasteiger partial charge in [0, 0.05) is 0 Å². The van der Waals surface area contributed by atoms with Gasteiger partial charge in [0.1, 0.15) is 0 Å². The number of hydrogen-bond donors (Lipinski definition) is 0. The third-order valence-electron chi connectivity index (χ3n) is 1.91. The third-order valence-corrected chi connectivity index (χ3v) is 1.91. The lowest BCUT2D eigenvalue weighted by molar-refractivity contribution is 1.13. The highest BCUT2D eigenvalue weighted by molar-refractivity contribution is 5.37. The van der Waals surface area contributed by atoms with Gasteiger partial charge in [0.2, 0.25) is 0 Å². The van der Waals surface area contributed by atoms with Crippen molar-refractivity contribution in [3.05, 3.63) is 46.9 Å². The topological polar surface area (TPSA) is 0 Å². The Hall–Kier alpha value is -1.30. The monoisotopic (exact) mass is 158 g/mol. The molecule has 62 valence electrons. The Labute approximate surface area is 73.6 Å². The quantitative estimate of drug-likeness (QED) is 0.613. The Balaban J connectivity index is 3.31. The second-order valence-electron chi connectivity index (χ2n) is 2.79. The van der Waals surface area contributed by atoms with Gasteiger partial charge in [-0.2, -0.15) is 0 Å². The van der Waals surface area contributed by atoms with E-state index in [1.54, 1.807) is 6.08 Å². The summed E-state index contributed by atoms with van der Waals surface area (Å²) in [5.74, 6) is 0. The van der Waals surface area contributed by atoms with Crippen LogP contribution in [0.25, 0.3) is 12.7 Å². The highest BCUT2D eigenvalue weighted by Crippen LogP contribution is 1.91. The van der Waals surface area contributed by atoms with E-state index >= 15 is 0 Å². The molecule has 0 heterocycles. The average molecular weight is 158 g/mol. The van der Waals surface area contributed by atoms with Crippen LogP contribution in [0.2, 0.25) is 0 Å². The fourth-order valence-corrected chi connectivity index (χ4v) is 1.17. The second kappa shape index (κ2) is 3.91. The van der Waals surface area contributed by atoms with Crippen molar-refractivity contribution >= 4 is 12.7 Å². The lowest BCUT2D eigenvalue weighted by Crippen LogP contribution is -2.22. The van der Waals surface area contributed by atoms with Crippen molar-refractivity contribution in [1.29, 1.82) is 0 Å². The van der Waals surface area contributed by atoms with Gasteiger partial charge in [0.05, 0.1) is 0 Å². The van der Waals surface area contributed by atoms with Crippen LogP contribution in [0.1, 0.15) is 12.5 Å². The molecule has 0 N–H and O–H groups in total. The van der Waals surface area contributed by atoms with Crippen molar-refractivity contribution < 1.29 is 0 Å². The van der Waals surface area contributed by atoms with E-state index in [4.69, 9.17) is 0 Å². The van der Waals surface area contributed by atoms with Crippen LogP contribution in [0, 0.1) is 0 Å². The molecule has 0 heteroatoms. The summed E-state index contributed by atoms with van der Waals surface area (Å²) in [5, 5.41) is 2.23. The normalized spacial score (nSPS) is 11.6. The van der Waals surface area contributed by atoms with Crippen LogP contribution in [0.5, 0.6) is 0 Å². The van der Waals surface area contributed by atoms with E-state index in [1.807, 2.05) is 6.08 Å². The summed E-state index contributed by atoms with van der Waals surface area (Å²) in [7, 11) is 0. The van der Waals surface area contributed by atoms with Crippen molar-refractivity contribution in [1.82, 2.24) is 0 Å². The maximum absolute atomic E-state index is 3.97. The zero-order valence-corrected chi connectivity index (χ0v) is 7.51. The third kappa shape index (κ3) is 1.85. The van der Waals surface area contributed by atoms with Crippen molar-refractivity contribution in [3.63, 3.8) is 0 Å². The summed E-state index contributed by atoms with van der Waals surface area (Å²) >= 11 is 0. The van der Waals surface area contributed by atoms with E-state index in [2.05, 4.69) is 38.3 Å². The van der Waals surface area contributed by atoms with E-state index in [0.717, 1.165) is 16.9 Å². The zero-order valence-electron chi connectivity index (χ0n) is 7.51. The molecular formula is C12H14. The van der Waals surface area contributed by atoms with Gasteiger partial charge >= 0.3 is 0 Å². The van der Waals surface area contributed by atoms with Crippen LogP contribution in [0.4, 0.5) is 0 Å². The van der Waals surface area contributed by atoms with E-state index in [0.29, 0.717) is 0 Å². The Morgan fingerprint density at radius 2 is 2.17 bits per heavy atom. The summed E-state index contributed by atoms with van der Waals surface area (Å²) < 4.78 is 0. The molecule has 1 rings (SSSR count). The maximum atomic E-state index is 3.97. The number of hydrogen-bond acceptors (Lipinski definition) is 0. The number of rotatable bonds is 2. The molecule has 0 atom stereocenters. The summed E-state index contributed by atoms with van der Waals surface area (Å²) in [4.78, 5) is 0. The minimum absolute atomic E-state index is 1.07. The lowest BCUT2D eigenvalue weighted by Gasteiger charge is -1.94. The SMILES string of the molecule is C=C/C=c1/ccc(CC)cc1=C. The summed E-state index contributed by atoms with van der Waals surface area (Å²) in [6, 6.07) is 6.34. The van der Waals surface area contributed by atoms with Crippen LogP contribution >= 0.6 is 0 Å². The molecule has 0 aliphatic rings. The molecule has 0 bridgehead atoms. The van der Waals surface area contributed by atoms with E-state index in [-0.39, 0.29) is 0 Å². The highest BCUT2D eigenvalue weighted by atomic mass is 13.9. The molecule has 1 aromatic carbocycles. The highest BCUT2D eigenvalue weighted by Gasteiger charge is 1.86. The van der Waals surface area contributed by atoms with Crippen molar-refractivity contribution in [2.75, 3.05) is 0 Å². The second-order valence-corrected chi connectivity index (χ2v) is 2.79. The van der Waals surface area contributed by atoms with Crippen LogP contribution in [0.15, 0.2) is 30.9 Å². The number of allylic oxidation sites excluding steroid dienone is 1. The van der Waals surface area contributed by atoms with Gasteiger partial charge < -0.3 is 0 Å². The molecule has 0 aliphatic heterocycles. The standard InChI is InChI=1S/C12H14/c1-4-6-12-8-7-11(5-2)9-10(12)3/h4,6-9H,1,3,5H2,2H3/b12-6-. The number of benzene rings is 1. The first-order valence-electron chi connectivity index (χ1n) is 4.18. The van der Waals surface area contributed by atoms with Gasteiger partial charge in [-0.05, 0) is 22.4 Å². The molecule has 12 heavy (non-hydrogen) atoms. The fourth-order valence-electron chi connectivity index (χ4n) is 1.17. The van der Waals surface area contributed by atoms with Gasteiger partial charge in [-0.1, -0.05) is 50.4 Å². The predicted molar refractivity (Wildman–Crippen MR) is 55.3 cm³/mol. The van der Waals surface area contributed by atoms with E-state index < -0.39 is 0 Å². The molecular weight excluding hydrogens is 144 g/mol. The zero-order chi connectivity index (χ0) is 8.97. The van der Waals surface area contributed by atoms with Crippen LogP contribution < -0.4 is 10.4 Å². The molecule has 0 aromatic heterocycles. The Morgan fingerprint density at radius 1 is 1.42 bits per heavy atom. The first-order valence-corrected chi connectivity index (χ1v) is 4.18. The Bertz CT molecular complexity index is 372. The predicted octanol–water partition coefficient (Wildman–Crippen LogP) is 1.63. The molecule has 0 unspecified atom stereocenters. The summed E-state index contributed by atoms with van der Waals surface area (Å²) in [6.07, 6.45) is 4.83. The summed E-state index contributed by atoms with van der Waals surface area (Å²) in [5.41, 5.74) is 1.33. The van der Waals surface area contributed by atoms with Crippen LogP contribution in [0.3, 0.4) is 0 Å². The van der Waals surface area contributed by atoms with Gasteiger partial charge in [-0.25, -0.2) is 0 Å². The average Bonchev–Trinajstić information content (AvgIpc) is 2.09. The van der Waals surface area contributed by atoms with E-state index in [1.165, 1.54) is 5.56 Å². The van der Waals surface area contributed by atoms with Gasteiger partial charge in [-0.3, -0.25) is 0 Å². The maximum Gasteiger partial charge on any atom is -0.0190 e. The molecule has 0 saturated heterocycles. The van der Waals surface area contributed by atoms with Crippen molar-refractivity contribution in [3.8, 4) is 0 Å². The molecule has 0 radical (unpaired) electrons. The van der Waals surface area contributed by atoms with Gasteiger partial charge in [0.25, 0.3) is 0 Å². The molecule has 0 nitrogen and oxygen atoms in total. The van der Waals surface area contributed by atoms with Gasteiger partial charge in [0.15, 0.2) is 0 Å². The minimum atomic E-state index is 1.07. The number of aryl methyl sites for hydroxylation is 1. The first-order chi connectivity index (χ1) is 5.77. The van der Waals surface area contributed by atoms with Crippen LogP contribution in [-0.2, 0) is 6.42 Å². The van der Waals surface area contributed by atoms with E-state index in [9.17, 15) is 0 Å². The first kappa shape index (κ1) is 8.79. The van der Waals surface area contributed by atoms with Gasteiger partial charge in [-0.15, -0.1) is 0 Å². The van der Waals surface area contributed by atoms with Crippen molar-refractivity contribution in [2.45, 2.75) is 13.3 Å². The molecule has 0 amide bonds.